The second-order valence-electron chi connectivity index (χ2n) is 8.09. The number of hydrogen-bond donors (Lipinski definition) is 4. The van der Waals surface area contributed by atoms with Crippen LogP contribution >= 0.6 is 0 Å². The predicted octanol–water partition coefficient (Wildman–Crippen LogP) is 2.03. The van der Waals surface area contributed by atoms with Gasteiger partial charge in [0.05, 0.1) is 12.6 Å². The van der Waals surface area contributed by atoms with Crippen LogP contribution in [0.2, 0.25) is 0 Å². The Morgan fingerprint density at radius 3 is 2.33 bits per heavy atom. The number of halogens is 4. The molecular formula is C24H27F4N3O5. The Balaban J connectivity index is 2.14. The van der Waals surface area contributed by atoms with Gasteiger partial charge in [-0.1, -0.05) is 12.1 Å². The smallest absolute Gasteiger partial charge is 0.401 e. The lowest BCUT2D eigenvalue weighted by atomic mass is 10.1. The van der Waals surface area contributed by atoms with Gasteiger partial charge in [-0.05, 0) is 49.7 Å². The fourth-order valence-electron chi connectivity index (χ4n) is 3.08. The molecule has 0 aliphatic heterocycles. The topological polar surface area (TPSA) is 117 Å². The highest BCUT2D eigenvalue weighted by molar-refractivity contribution is 5.90. The molecule has 0 spiro atoms. The quantitative estimate of drug-likeness (QED) is 0.255. The van der Waals surface area contributed by atoms with Crippen LogP contribution in [0.25, 0.3) is 0 Å². The highest BCUT2D eigenvalue weighted by Crippen LogP contribution is 2.14. The first-order chi connectivity index (χ1) is 16.9. The number of aryl methyl sites for hydroxylation is 1. The van der Waals surface area contributed by atoms with Crippen LogP contribution in [0.4, 0.5) is 17.6 Å². The first-order valence-electron chi connectivity index (χ1n) is 10.9. The van der Waals surface area contributed by atoms with E-state index in [1.54, 1.807) is 13.0 Å². The van der Waals surface area contributed by atoms with Crippen molar-refractivity contribution < 1.29 is 41.8 Å². The molecule has 2 amide bonds. The lowest BCUT2D eigenvalue weighted by Gasteiger charge is -2.25. The number of aliphatic hydroxyl groups excluding tert-OH is 1. The van der Waals surface area contributed by atoms with Gasteiger partial charge in [0, 0.05) is 17.7 Å². The van der Waals surface area contributed by atoms with Gasteiger partial charge < -0.3 is 20.5 Å². The Kier molecular flexibility index (Phi) is 10.4. The second-order valence-corrected chi connectivity index (χ2v) is 8.09. The molecule has 0 bridgehead atoms. The van der Waals surface area contributed by atoms with E-state index in [9.17, 15) is 37.1 Å². The molecule has 0 saturated carbocycles. The van der Waals surface area contributed by atoms with Crippen LogP contribution in [0.1, 0.15) is 28.4 Å². The van der Waals surface area contributed by atoms with Crippen molar-refractivity contribution in [1.82, 2.24) is 16.0 Å². The summed E-state index contributed by atoms with van der Waals surface area (Å²) in [7, 11) is 0. The molecule has 0 aliphatic rings. The van der Waals surface area contributed by atoms with Crippen LogP contribution in [0.3, 0.4) is 0 Å². The lowest BCUT2D eigenvalue weighted by Crippen LogP contribution is -2.58. The van der Waals surface area contributed by atoms with E-state index in [1.165, 1.54) is 36.4 Å². The lowest BCUT2D eigenvalue weighted by molar-refractivity contribution is -0.137. The Bertz CT molecular complexity index is 1050. The van der Waals surface area contributed by atoms with Crippen LogP contribution in [-0.4, -0.2) is 60.7 Å². The number of amides is 2. The fourth-order valence-corrected chi connectivity index (χ4v) is 3.08. The van der Waals surface area contributed by atoms with E-state index in [4.69, 9.17) is 4.74 Å². The number of rotatable bonds is 12. The molecule has 2 aromatic carbocycles. The SMILES string of the molecule is Cc1ccc(CNC(=O)C(COc2ccc(C=O)cc2)NC(=O)C(NCC(F)(F)F)C(C)O)c(F)c1. The van der Waals surface area contributed by atoms with Gasteiger partial charge in [0.15, 0.2) is 0 Å². The molecule has 3 atom stereocenters. The molecule has 0 fully saturated rings. The van der Waals surface area contributed by atoms with Gasteiger partial charge in [0.2, 0.25) is 11.8 Å². The van der Waals surface area contributed by atoms with Gasteiger partial charge in [-0.2, -0.15) is 13.2 Å². The van der Waals surface area contributed by atoms with Crippen LogP contribution in [0.15, 0.2) is 42.5 Å². The third-order valence-electron chi connectivity index (χ3n) is 5.01. The Hall–Kier alpha value is -3.51. The summed E-state index contributed by atoms with van der Waals surface area (Å²) in [5.41, 5.74) is 1.23. The summed E-state index contributed by atoms with van der Waals surface area (Å²) >= 11 is 0. The number of hydrogen-bond acceptors (Lipinski definition) is 6. The number of nitrogens with one attached hydrogen (secondary N) is 3. The molecule has 3 unspecified atom stereocenters. The van der Waals surface area contributed by atoms with Crippen molar-refractivity contribution in [2.45, 2.75) is 44.8 Å². The minimum atomic E-state index is -4.64. The Morgan fingerprint density at radius 1 is 1.11 bits per heavy atom. The van der Waals surface area contributed by atoms with Crippen molar-refractivity contribution in [3.8, 4) is 5.75 Å². The summed E-state index contributed by atoms with van der Waals surface area (Å²) in [6.07, 6.45) is -5.54. The van der Waals surface area contributed by atoms with Gasteiger partial charge in [0.1, 0.15) is 36.5 Å². The molecule has 2 aromatic rings. The molecule has 4 N–H and O–H groups in total. The Morgan fingerprint density at radius 2 is 1.78 bits per heavy atom. The molecule has 0 heterocycles. The maximum Gasteiger partial charge on any atom is 0.401 e. The summed E-state index contributed by atoms with van der Waals surface area (Å²) in [5.74, 6) is -2.17. The molecule has 36 heavy (non-hydrogen) atoms. The maximum atomic E-state index is 14.1. The zero-order valence-corrected chi connectivity index (χ0v) is 19.6. The first kappa shape index (κ1) is 28.7. The molecule has 0 radical (unpaired) electrons. The average Bonchev–Trinajstić information content (AvgIpc) is 2.80. The normalized spacial score (nSPS) is 13.9. The number of carbonyl (C=O) groups excluding carboxylic acids is 3. The van der Waals surface area contributed by atoms with E-state index in [-0.39, 0.29) is 17.9 Å². The predicted molar refractivity (Wildman–Crippen MR) is 122 cm³/mol. The summed E-state index contributed by atoms with van der Waals surface area (Å²) in [4.78, 5) is 36.3. The number of carbonyl (C=O) groups is 3. The molecule has 0 saturated heterocycles. The summed E-state index contributed by atoms with van der Waals surface area (Å²) in [6.45, 7) is 0.603. The largest absolute Gasteiger partial charge is 0.491 e. The standard InChI is InChI=1S/C24H27F4N3O5/c1-14-3-6-17(19(25)9-14)10-29-22(34)20(12-36-18-7-4-16(11-32)5-8-18)31-23(35)21(15(2)33)30-13-24(26,27)28/h3-9,11,15,20-21,30,33H,10,12-13H2,1-2H3,(H,29,34)(H,31,35). The van der Waals surface area contributed by atoms with E-state index in [0.717, 1.165) is 6.92 Å². The zero-order chi connectivity index (χ0) is 26.9. The molecule has 0 aliphatic carbocycles. The van der Waals surface area contributed by atoms with Crippen LogP contribution in [-0.2, 0) is 16.1 Å². The molecule has 8 nitrogen and oxygen atoms in total. The number of ether oxygens (including phenoxy) is 1. The van der Waals surface area contributed by atoms with Gasteiger partial charge >= 0.3 is 6.18 Å². The van der Waals surface area contributed by atoms with Gasteiger partial charge in [0.25, 0.3) is 0 Å². The number of aliphatic hydroxyl groups is 1. The fraction of sp³-hybridized carbons (Fsp3) is 0.375. The van der Waals surface area contributed by atoms with E-state index >= 15 is 0 Å². The van der Waals surface area contributed by atoms with Gasteiger partial charge in [-0.3, -0.25) is 19.7 Å². The molecule has 12 heteroatoms. The Labute approximate surface area is 205 Å². The van der Waals surface area contributed by atoms with Crippen LogP contribution < -0.4 is 20.7 Å². The van der Waals surface area contributed by atoms with Gasteiger partial charge in [-0.15, -0.1) is 0 Å². The van der Waals surface area contributed by atoms with Crippen molar-refractivity contribution in [3.05, 3.63) is 65.0 Å². The van der Waals surface area contributed by atoms with Crippen molar-refractivity contribution >= 4 is 18.1 Å². The summed E-state index contributed by atoms with van der Waals surface area (Å²) in [6, 6.07) is 7.14. The number of alkyl halides is 3. The minimum absolute atomic E-state index is 0.179. The minimum Gasteiger partial charge on any atom is -0.491 e. The highest BCUT2D eigenvalue weighted by Gasteiger charge is 2.33. The highest BCUT2D eigenvalue weighted by atomic mass is 19.4. The monoisotopic (exact) mass is 513 g/mol. The van der Waals surface area contributed by atoms with Crippen molar-refractivity contribution in [1.29, 1.82) is 0 Å². The number of aldehydes is 1. The van der Waals surface area contributed by atoms with E-state index in [2.05, 4.69) is 10.6 Å². The average molecular weight is 513 g/mol. The maximum absolute atomic E-state index is 14.1. The summed E-state index contributed by atoms with van der Waals surface area (Å²) < 4.78 is 57.4. The van der Waals surface area contributed by atoms with Crippen molar-refractivity contribution in [3.63, 3.8) is 0 Å². The third-order valence-corrected chi connectivity index (χ3v) is 5.01. The number of benzene rings is 2. The third kappa shape index (κ3) is 9.27. The molecular weight excluding hydrogens is 486 g/mol. The van der Waals surface area contributed by atoms with E-state index in [1.807, 2.05) is 5.32 Å². The molecule has 196 valence electrons. The first-order valence-corrected chi connectivity index (χ1v) is 10.9. The molecule has 2 rings (SSSR count). The van der Waals surface area contributed by atoms with Crippen LogP contribution in [0.5, 0.6) is 5.75 Å². The zero-order valence-electron chi connectivity index (χ0n) is 19.6. The molecule has 0 aromatic heterocycles. The van der Waals surface area contributed by atoms with E-state index in [0.29, 0.717) is 17.4 Å². The van der Waals surface area contributed by atoms with E-state index < -0.39 is 55.1 Å². The van der Waals surface area contributed by atoms with Crippen LogP contribution in [0, 0.1) is 12.7 Å². The summed E-state index contributed by atoms with van der Waals surface area (Å²) in [5, 5.41) is 16.5. The van der Waals surface area contributed by atoms with Gasteiger partial charge in [-0.25, -0.2) is 4.39 Å². The van der Waals surface area contributed by atoms with Crippen molar-refractivity contribution in [2.75, 3.05) is 13.2 Å². The second kappa shape index (κ2) is 13.0. The van der Waals surface area contributed by atoms with Crippen molar-refractivity contribution in [2.24, 2.45) is 0 Å².